The molecule has 3 aliphatic rings. The summed E-state index contributed by atoms with van der Waals surface area (Å²) >= 11 is 3.26. The predicted octanol–water partition coefficient (Wildman–Crippen LogP) is 5.23. The zero-order valence-electron chi connectivity index (χ0n) is 22.6. The Morgan fingerprint density at radius 3 is 2.66 bits per heavy atom. The monoisotopic (exact) mass is 595 g/mol. The van der Waals surface area contributed by atoms with Crippen LogP contribution in [-0.2, 0) is 4.74 Å². The number of rotatable bonds is 6. The maximum atomic E-state index is 15.2. The molecule has 3 fully saturated rings. The van der Waals surface area contributed by atoms with E-state index in [1.807, 2.05) is 39.5 Å². The molecule has 208 valence electrons. The Labute approximate surface area is 230 Å². The quantitative estimate of drug-likeness (QED) is 0.490. The van der Waals surface area contributed by atoms with Crippen LogP contribution in [0.15, 0.2) is 16.6 Å². The first-order valence-corrected chi connectivity index (χ1v) is 14.0. The number of anilines is 1. The molecule has 0 bridgehead atoms. The number of aromatic nitrogens is 2. The number of amides is 1. The van der Waals surface area contributed by atoms with Gasteiger partial charge in [-0.25, -0.2) is 13.6 Å². The highest BCUT2D eigenvalue weighted by atomic mass is 79.9. The molecular formula is C27H36BrF2N5O3. The van der Waals surface area contributed by atoms with Gasteiger partial charge in [0.2, 0.25) is 0 Å². The topological polar surface area (TPSA) is 79.8 Å². The number of carbonyl (C=O) groups excluding carboxylic acids is 1. The zero-order chi connectivity index (χ0) is 27.5. The van der Waals surface area contributed by atoms with Crippen molar-refractivity contribution in [2.24, 2.45) is 5.92 Å². The van der Waals surface area contributed by atoms with Crippen LogP contribution in [0.3, 0.4) is 0 Å². The number of fused-ring (bicyclic) bond motifs is 2. The number of alkyl halides is 1. The predicted molar refractivity (Wildman–Crippen MR) is 145 cm³/mol. The van der Waals surface area contributed by atoms with Gasteiger partial charge in [0.05, 0.1) is 10.0 Å². The molecule has 0 unspecified atom stereocenters. The molecule has 1 N–H and O–H groups in total. The summed E-state index contributed by atoms with van der Waals surface area (Å²) < 4.78 is 41.2. The van der Waals surface area contributed by atoms with E-state index >= 15 is 4.39 Å². The second-order valence-corrected chi connectivity index (χ2v) is 13.3. The first-order chi connectivity index (χ1) is 17.8. The molecule has 1 aromatic carbocycles. The molecule has 0 saturated carbocycles. The van der Waals surface area contributed by atoms with Crippen LogP contribution in [-0.4, -0.2) is 76.6 Å². The van der Waals surface area contributed by atoms with E-state index in [0.29, 0.717) is 41.7 Å². The number of ether oxygens (including phenoxy) is 2. The largest absolute Gasteiger partial charge is 0.461 e. The molecule has 0 radical (unpaired) electrons. The fraction of sp³-hybridized carbons (Fsp3) is 0.667. The van der Waals surface area contributed by atoms with Crippen LogP contribution >= 0.6 is 15.9 Å². The number of nitrogens with zero attached hydrogens (tertiary/aromatic N) is 4. The van der Waals surface area contributed by atoms with Gasteiger partial charge >= 0.3 is 12.1 Å². The Balaban J connectivity index is 1.35. The Kier molecular flexibility index (Phi) is 6.99. The molecule has 0 aliphatic carbocycles. The van der Waals surface area contributed by atoms with Crippen molar-refractivity contribution in [2.45, 2.75) is 76.7 Å². The molecule has 2 atom stereocenters. The van der Waals surface area contributed by atoms with E-state index in [9.17, 15) is 9.18 Å². The van der Waals surface area contributed by atoms with E-state index in [4.69, 9.17) is 14.5 Å². The minimum Gasteiger partial charge on any atom is -0.461 e. The maximum Gasteiger partial charge on any atom is 0.408 e. The number of hydrogen-bond donors (Lipinski definition) is 1. The molecular weight excluding hydrogens is 560 g/mol. The van der Waals surface area contributed by atoms with Gasteiger partial charge in [0, 0.05) is 42.9 Å². The summed E-state index contributed by atoms with van der Waals surface area (Å²) in [5.41, 5.74) is -1.29. The Hall–Kier alpha value is -2.27. The third-order valence-electron chi connectivity index (χ3n) is 7.97. The molecule has 11 heteroatoms. The molecule has 5 rings (SSSR count). The summed E-state index contributed by atoms with van der Waals surface area (Å²) in [6.45, 7) is 12.2. The van der Waals surface area contributed by atoms with Crippen LogP contribution in [0.1, 0.15) is 53.9 Å². The molecule has 38 heavy (non-hydrogen) atoms. The van der Waals surface area contributed by atoms with Crippen LogP contribution in [0, 0.1) is 11.7 Å². The van der Waals surface area contributed by atoms with Gasteiger partial charge in [0.1, 0.15) is 29.7 Å². The minimum atomic E-state index is -0.865. The van der Waals surface area contributed by atoms with Gasteiger partial charge < -0.3 is 19.7 Å². The lowest BCUT2D eigenvalue weighted by Gasteiger charge is -2.48. The molecule has 8 nitrogen and oxygen atoms in total. The van der Waals surface area contributed by atoms with Crippen molar-refractivity contribution in [3.8, 4) is 6.01 Å². The van der Waals surface area contributed by atoms with E-state index in [0.717, 1.165) is 19.4 Å². The van der Waals surface area contributed by atoms with Gasteiger partial charge in [-0.2, -0.15) is 9.97 Å². The summed E-state index contributed by atoms with van der Waals surface area (Å²) in [4.78, 5) is 25.7. The van der Waals surface area contributed by atoms with Crippen molar-refractivity contribution in [1.82, 2.24) is 20.2 Å². The summed E-state index contributed by atoms with van der Waals surface area (Å²) in [6, 6.07) is 3.52. The second-order valence-electron chi connectivity index (χ2n) is 12.4. The van der Waals surface area contributed by atoms with Gasteiger partial charge in [0.15, 0.2) is 5.82 Å². The summed E-state index contributed by atoms with van der Waals surface area (Å²) in [5, 5.41) is 3.56. The average Bonchev–Trinajstić information content (AvgIpc) is 3.27. The fourth-order valence-electron chi connectivity index (χ4n) is 5.83. The number of carbonyl (C=O) groups is 1. The van der Waals surface area contributed by atoms with E-state index in [1.54, 1.807) is 12.1 Å². The summed E-state index contributed by atoms with van der Waals surface area (Å²) in [7, 11) is 0. The van der Waals surface area contributed by atoms with Crippen LogP contribution < -0.4 is 15.0 Å². The summed E-state index contributed by atoms with van der Waals surface area (Å²) in [5.74, 6) is 0.220. The summed E-state index contributed by atoms with van der Waals surface area (Å²) in [6.07, 6.45) is 0.973. The number of halogens is 3. The van der Waals surface area contributed by atoms with Crippen molar-refractivity contribution in [3.05, 3.63) is 22.4 Å². The van der Waals surface area contributed by atoms with Crippen LogP contribution in [0.4, 0.5) is 19.4 Å². The van der Waals surface area contributed by atoms with E-state index in [2.05, 4.69) is 31.1 Å². The van der Waals surface area contributed by atoms with E-state index in [1.165, 1.54) is 0 Å². The van der Waals surface area contributed by atoms with Crippen LogP contribution in [0.5, 0.6) is 6.01 Å². The molecule has 1 amide bonds. The van der Waals surface area contributed by atoms with E-state index < -0.39 is 29.2 Å². The van der Waals surface area contributed by atoms with Crippen molar-refractivity contribution < 1.29 is 23.0 Å². The van der Waals surface area contributed by atoms with Gasteiger partial charge in [0.25, 0.3) is 0 Å². The number of hydrogen-bond acceptors (Lipinski definition) is 7. The molecule has 4 heterocycles. The van der Waals surface area contributed by atoms with Crippen LogP contribution in [0.2, 0.25) is 0 Å². The van der Waals surface area contributed by atoms with Gasteiger partial charge in [-0.1, -0.05) is 0 Å². The Morgan fingerprint density at radius 1 is 1.21 bits per heavy atom. The first-order valence-electron chi connectivity index (χ1n) is 13.2. The highest BCUT2D eigenvalue weighted by Crippen LogP contribution is 2.41. The zero-order valence-corrected chi connectivity index (χ0v) is 24.2. The maximum absolute atomic E-state index is 15.2. The minimum absolute atomic E-state index is 0.0858. The van der Waals surface area contributed by atoms with Crippen molar-refractivity contribution in [2.75, 3.05) is 37.7 Å². The highest BCUT2D eigenvalue weighted by Gasteiger charge is 2.49. The lowest BCUT2D eigenvalue weighted by atomic mass is 9.81. The average molecular weight is 597 g/mol. The molecule has 2 aromatic rings. The van der Waals surface area contributed by atoms with Crippen molar-refractivity contribution in [1.29, 1.82) is 0 Å². The molecule has 3 aliphatic heterocycles. The lowest BCUT2D eigenvalue weighted by Crippen LogP contribution is -2.62. The standard InChI is InChI=1S/C27H36BrF2N5O3/c1-25(2,3)38-24(36)33-26(4,5)16-12-34(13-16)22-18-7-8-19(28)20(30)21(18)31-23(32-22)37-15-27-9-6-10-35(27)14-17(29)11-27/h7-8,16-17H,6,9-15H2,1-5H3,(H,33,36)/t17-,27+/m1/s1. The normalized spacial score (nSPS) is 24.4. The van der Waals surface area contributed by atoms with Gasteiger partial charge in [-0.15, -0.1) is 0 Å². The third kappa shape index (κ3) is 5.28. The van der Waals surface area contributed by atoms with Gasteiger partial charge in [-0.3, -0.25) is 4.90 Å². The second kappa shape index (κ2) is 9.73. The fourth-order valence-corrected chi connectivity index (χ4v) is 6.15. The third-order valence-corrected chi connectivity index (χ3v) is 8.59. The molecule has 0 spiro atoms. The van der Waals surface area contributed by atoms with Crippen molar-refractivity contribution >= 4 is 38.7 Å². The highest BCUT2D eigenvalue weighted by molar-refractivity contribution is 9.10. The van der Waals surface area contributed by atoms with Gasteiger partial charge in [-0.05, 0) is 82.1 Å². The number of alkyl carbamates (subject to hydrolysis) is 1. The molecule has 1 aromatic heterocycles. The lowest BCUT2D eigenvalue weighted by molar-refractivity contribution is 0.0422. The SMILES string of the molecule is CC(C)(C)OC(=O)NC(C)(C)C1CN(c2nc(OC[C@@]34CCCN3C[C@H](F)C4)nc3c(F)c(Br)ccc23)C1. The Bertz CT molecular complexity index is 1230. The van der Waals surface area contributed by atoms with Crippen LogP contribution in [0.25, 0.3) is 10.9 Å². The first kappa shape index (κ1) is 27.3. The molecule has 3 saturated heterocycles. The van der Waals surface area contributed by atoms with E-state index in [-0.39, 0.29) is 29.6 Å². The smallest absolute Gasteiger partial charge is 0.408 e. The number of benzene rings is 1. The Morgan fingerprint density at radius 2 is 1.95 bits per heavy atom. The number of nitrogens with one attached hydrogen (secondary N) is 1. The van der Waals surface area contributed by atoms with Crippen molar-refractivity contribution in [3.63, 3.8) is 0 Å².